The molecule has 0 aliphatic heterocycles. The molecule has 2 aromatic carbocycles. The van der Waals surface area contributed by atoms with E-state index < -0.39 is 14.9 Å². The van der Waals surface area contributed by atoms with Gasteiger partial charge in [0.1, 0.15) is 0 Å². The largest absolute Gasteiger partial charge is 0.269 e. The van der Waals surface area contributed by atoms with E-state index in [0.29, 0.717) is 10.6 Å². The molecule has 0 atom stereocenters. The van der Waals surface area contributed by atoms with Crippen LogP contribution in [0.5, 0.6) is 0 Å². The number of nitrogens with zero attached hydrogens (tertiary/aromatic N) is 2. The molecule has 0 heterocycles. The Morgan fingerprint density at radius 1 is 1.16 bits per heavy atom. The molecule has 8 heteroatoms. The van der Waals surface area contributed by atoms with Gasteiger partial charge in [-0.1, -0.05) is 17.7 Å². The summed E-state index contributed by atoms with van der Waals surface area (Å²) in [6, 6.07) is 9.21. The van der Waals surface area contributed by atoms with Crippen molar-refractivity contribution in [1.82, 2.24) is 4.31 Å². The number of hydrogen-bond acceptors (Lipinski definition) is 4. The van der Waals surface area contributed by atoms with Gasteiger partial charge < -0.3 is 0 Å². The number of nitro benzene ring substituents is 1. The molecule has 0 amide bonds. The maximum absolute atomic E-state index is 12.8. The van der Waals surface area contributed by atoms with Gasteiger partial charge in [-0.05, 0) is 54.2 Å². The van der Waals surface area contributed by atoms with Crippen molar-refractivity contribution in [2.24, 2.45) is 0 Å². The van der Waals surface area contributed by atoms with Crippen LogP contribution in [0, 0.1) is 10.1 Å². The lowest BCUT2D eigenvalue weighted by Crippen LogP contribution is -2.26. The van der Waals surface area contributed by atoms with Crippen LogP contribution in [0.4, 0.5) is 5.69 Å². The zero-order valence-electron chi connectivity index (χ0n) is 13.6. The van der Waals surface area contributed by atoms with Crippen molar-refractivity contribution >= 4 is 27.3 Å². The molecule has 0 unspecified atom stereocenters. The Morgan fingerprint density at radius 2 is 1.88 bits per heavy atom. The molecule has 0 N–H and O–H groups in total. The van der Waals surface area contributed by atoms with E-state index in [4.69, 9.17) is 11.6 Å². The van der Waals surface area contributed by atoms with Gasteiger partial charge in [0.2, 0.25) is 10.0 Å². The highest BCUT2D eigenvalue weighted by Gasteiger charge is 2.24. The standard InChI is InChI=1S/C17H17ClN2O4S/c1-19(11-14-9-15(20(21)22)6-8-17(14)18)25(23,24)16-7-5-12-3-2-4-13(12)10-16/h5-10H,2-4,11H2,1H3. The second kappa shape index (κ2) is 6.74. The number of benzene rings is 2. The molecule has 0 radical (unpaired) electrons. The molecule has 132 valence electrons. The third-order valence-electron chi connectivity index (χ3n) is 4.41. The molecule has 1 aliphatic rings. The maximum Gasteiger partial charge on any atom is 0.269 e. The predicted molar refractivity (Wildman–Crippen MR) is 95.2 cm³/mol. The van der Waals surface area contributed by atoms with Gasteiger partial charge in [-0.3, -0.25) is 10.1 Å². The molecule has 0 fully saturated rings. The fourth-order valence-corrected chi connectivity index (χ4v) is 4.39. The Bertz CT molecular complexity index is 944. The van der Waals surface area contributed by atoms with E-state index in [2.05, 4.69) is 0 Å². The van der Waals surface area contributed by atoms with Gasteiger partial charge in [-0.2, -0.15) is 4.31 Å². The number of aryl methyl sites for hydroxylation is 2. The Labute approximate surface area is 151 Å². The second-order valence-corrected chi connectivity index (χ2v) is 8.53. The average molecular weight is 381 g/mol. The normalized spacial score (nSPS) is 13.9. The van der Waals surface area contributed by atoms with E-state index in [-0.39, 0.29) is 17.1 Å². The minimum Gasteiger partial charge on any atom is -0.258 e. The highest BCUT2D eigenvalue weighted by Crippen LogP contribution is 2.28. The summed E-state index contributed by atoms with van der Waals surface area (Å²) in [7, 11) is -2.26. The first-order valence-corrected chi connectivity index (χ1v) is 9.62. The number of rotatable bonds is 5. The lowest BCUT2D eigenvalue weighted by molar-refractivity contribution is -0.384. The summed E-state index contributed by atoms with van der Waals surface area (Å²) in [5, 5.41) is 11.2. The molecule has 0 spiro atoms. The van der Waals surface area contributed by atoms with Crippen molar-refractivity contribution in [3.63, 3.8) is 0 Å². The van der Waals surface area contributed by atoms with E-state index in [1.54, 1.807) is 12.1 Å². The molecular weight excluding hydrogens is 364 g/mol. The van der Waals surface area contributed by atoms with E-state index in [1.165, 1.54) is 30.8 Å². The van der Waals surface area contributed by atoms with Gasteiger partial charge in [0, 0.05) is 30.7 Å². The summed E-state index contributed by atoms with van der Waals surface area (Å²) in [5.41, 5.74) is 2.54. The van der Waals surface area contributed by atoms with E-state index in [1.807, 2.05) is 6.07 Å². The third kappa shape index (κ3) is 3.53. The Kier molecular flexibility index (Phi) is 4.81. The van der Waals surface area contributed by atoms with Crippen LogP contribution in [0.25, 0.3) is 0 Å². The first-order chi connectivity index (χ1) is 11.8. The Balaban J connectivity index is 1.88. The van der Waals surface area contributed by atoms with Gasteiger partial charge in [-0.25, -0.2) is 8.42 Å². The smallest absolute Gasteiger partial charge is 0.258 e. The summed E-state index contributed by atoms with van der Waals surface area (Å²) >= 11 is 6.07. The first kappa shape index (κ1) is 17.8. The van der Waals surface area contributed by atoms with Crippen LogP contribution in [-0.2, 0) is 29.4 Å². The fraction of sp³-hybridized carbons (Fsp3) is 0.294. The van der Waals surface area contributed by atoms with Crippen molar-refractivity contribution < 1.29 is 13.3 Å². The van der Waals surface area contributed by atoms with Crippen LogP contribution in [0.15, 0.2) is 41.3 Å². The molecule has 6 nitrogen and oxygen atoms in total. The molecule has 0 aromatic heterocycles. The van der Waals surface area contributed by atoms with Crippen LogP contribution in [0.1, 0.15) is 23.1 Å². The van der Waals surface area contributed by atoms with E-state index in [9.17, 15) is 18.5 Å². The highest BCUT2D eigenvalue weighted by molar-refractivity contribution is 7.89. The molecule has 2 aromatic rings. The van der Waals surface area contributed by atoms with Gasteiger partial charge >= 0.3 is 0 Å². The number of fused-ring (bicyclic) bond motifs is 1. The summed E-state index contributed by atoms with van der Waals surface area (Å²) in [6.07, 6.45) is 2.91. The minimum absolute atomic E-state index is 0.0417. The van der Waals surface area contributed by atoms with Gasteiger partial charge in [0.25, 0.3) is 5.69 Å². The number of hydrogen-bond donors (Lipinski definition) is 0. The zero-order chi connectivity index (χ0) is 18.2. The van der Waals surface area contributed by atoms with Gasteiger partial charge in [-0.15, -0.1) is 0 Å². The quantitative estimate of drug-likeness (QED) is 0.586. The van der Waals surface area contributed by atoms with Crippen LogP contribution in [0.3, 0.4) is 0 Å². The zero-order valence-corrected chi connectivity index (χ0v) is 15.2. The number of sulfonamides is 1. The van der Waals surface area contributed by atoms with Crippen molar-refractivity contribution in [2.45, 2.75) is 30.7 Å². The van der Waals surface area contributed by atoms with E-state index >= 15 is 0 Å². The van der Waals surface area contributed by atoms with Gasteiger partial charge in [0.15, 0.2) is 0 Å². The molecule has 0 bridgehead atoms. The van der Waals surface area contributed by atoms with Crippen molar-refractivity contribution in [3.8, 4) is 0 Å². The predicted octanol–water partition coefficient (Wildman–Crippen LogP) is 3.56. The summed E-state index contributed by atoms with van der Waals surface area (Å²) in [5.74, 6) is 0. The van der Waals surface area contributed by atoms with Crippen LogP contribution in [-0.4, -0.2) is 24.7 Å². The molecule has 25 heavy (non-hydrogen) atoms. The SMILES string of the molecule is CN(Cc1cc([N+](=O)[O-])ccc1Cl)S(=O)(=O)c1ccc2c(c1)CCC2. The summed E-state index contributed by atoms with van der Waals surface area (Å²) in [4.78, 5) is 10.6. The topological polar surface area (TPSA) is 80.5 Å². The molecule has 1 aliphatic carbocycles. The minimum atomic E-state index is -3.70. The lowest BCUT2D eigenvalue weighted by Gasteiger charge is -2.18. The van der Waals surface area contributed by atoms with Crippen LogP contribution >= 0.6 is 11.6 Å². The molecule has 3 rings (SSSR count). The Hall–Kier alpha value is -1.96. The fourth-order valence-electron chi connectivity index (χ4n) is 3.01. The molecular formula is C17H17ClN2O4S. The van der Waals surface area contributed by atoms with Crippen LogP contribution in [0.2, 0.25) is 5.02 Å². The lowest BCUT2D eigenvalue weighted by atomic mass is 10.1. The van der Waals surface area contributed by atoms with Gasteiger partial charge in [0.05, 0.1) is 9.82 Å². The molecule has 0 saturated carbocycles. The summed E-state index contributed by atoms with van der Waals surface area (Å²) < 4.78 is 26.8. The maximum atomic E-state index is 12.8. The van der Waals surface area contributed by atoms with Crippen molar-refractivity contribution in [1.29, 1.82) is 0 Å². The summed E-state index contributed by atoms with van der Waals surface area (Å²) in [6.45, 7) is -0.0417. The molecule has 0 saturated heterocycles. The van der Waals surface area contributed by atoms with E-state index in [0.717, 1.165) is 29.1 Å². The van der Waals surface area contributed by atoms with Crippen LogP contribution < -0.4 is 0 Å². The third-order valence-corrected chi connectivity index (χ3v) is 6.58. The number of halogens is 1. The number of nitro groups is 1. The van der Waals surface area contributed by atoms with Crippen molar-refractivity contribution in [2.75, 3.05) is 7.05 Å². The monoisotopic (exact) mass is 380 g/mol. The Morgan fingerprint density at radius 3 is 2.60 bits per heavy atom. The highest BCUT2D eigenvalue weighted by atomic mass is 35.5. The number of non-ortho nitro benzene ring substituents is 1. The second-order valence-electron chi connectivity index (χ2n) is 6.08. The first-order valence-electron chi connectivity index (χ1n) is 7.80. The van der Waals surface area contributed by atoms with Crippen molar-refractivity contribution in [3.05, 3.63) is 68.2 Å². The average Bonchev–Trinajstić information content (AvgIpc) is 3.04.